The standard InChI is InChI=1S/C12H21N3S/c1-15(12(8-13)5-7-16-2)10-11-4-3-6-14-9-11/h3-4,6,9,12H,5,7-8,10,13H2,1-2H3. The highest BCUT2D eigenvalue weighted by Crippen LogP contribution is 2.09. The van der Waals surface area contributed by atoms with Gasteiger partial charge in [0.05, 0.1) is 0 Å². The zero-order chi connectivity index (χ0) is 11.8. The zero-order valence-corrected chi connectivity index (χ0v) is 10.9. The van der Waals surface area contributed by atoms with Crippen LogP contribution in [0.5, 0.6) is 0 Å². The molecule has 1 atom stereocenters. The van der Waals surface area contributed by atoms with Gasteiger partial charge in [-0.2, -0.15) is 11.8 Å². The predicted molar refractivity (Wildman–Crippen MR) is 71.5 cm³/mol. The van der Waals surface area contributed by atoms with Crippen LogP contribution in [0.1, 0.15) is 12.0 Å². The number of aromatic nitrogens is 1. The summed E-state index contributed by atoms with van der Waals surface area (Å²) in [7, 11) is 2.13. The summed E-state index contributed by atoms with van der Waals surface area (Å²) < 4.78 is 0. The van der Waals surface area contributed by atoms with Gasteiger partial charge in [0.2, 0.25) is 0 Å². The van der Waals surface area contributed by atoms with Crippen LogP contribution in [-0.4, -0.2) is 41.5 Å². The third kappa shape index (κ3) is 4.51. The first-order chi connectivity index (χ1) is 7.77. The molecule has 1 aromatic rings. The van der Waals surface area contributed by atoms with E-state index in [1.54, 1.807) is 6.20 Å². The van der Waals surface area contributed by atoms with Crippen molar-refractivity contribution in [3.8, 4) is 0 Å². The van der Waals surface area contributed by atoms with Crippen molar-refractivity contribution in [3.05, 3.63) is 30.1 Å². The van der Waals surface area contributed by atoms with Crippen LogP contribution in [0.4, 0.5) is 0 Å². The van der Waals surface area contributed by atoms with E-state index in [2.05, 4.69) is 29.3 Å². The van der Waals surface area contributed by atoms with Crippen LogP contribution in [-0.2, 0) is 6.54 Å². The molecule has 0 saturated carbocycles. The second-order valence-electron chi connectivity index (χ2n) is 3.95. The fourth-order valence-electron chi connectivity index (χ4n) is 1.68. The Labute approximate surface area is 102 Å². The Kier molecular flexibility index (Phi) is 6.45. The molecule has 0 spiro atoms. The van der Waals surface area contributed by atoms with E-state index in [1.807, 2.05) is 24.0 Å². The molecule has 0 fully saturated rings. The summed E-state index contributed by atoms with van der Waals surface area (Å²) in [5.74, 6) is 1.17. The van der Waals surface area contributed by atoms with Crippen LogP contribution < -0.4 is 5.73 Å². The van der Waals surface area contributed by atoms with Gasteiger partial charge < -0.3 is 5.73 Å². The number of likely N-dealkylation sites (N-methyl/N-ethyl adjacent to an activating group) is 1. The van der Waals surface area contributed by atoms with E-state index in [1.165, 1.54) is 11.3 Å². The lowest BCUT2D eigenvalue weighted by Gasteiger charge is -2.26. The van der Waals surface area contributed by atoms with Crippen LogP contribution in [0.25, 0.3) is 0 Å². The Morgan fingerprint density at radius 2 is 2.38 bits per heavy atom. The Morgan fingerprint density at radius 1 is 1.56 bits per heavy atom. The lowest BCUT2D eigenvalue weighted by atomic mass is 10.2. The average Bonchev–Trinajstić information content (AvgIpc) is 2.31. The maximum absolute atomic E-state index is 5.80. The molecular weight excluding hydrogens is 218 g/mol. The molecule has 1 rings (SSSR count). The summed E-state index contributed by atoms with van der Waals surface area (Å²) in [6.45, 7) is 1.64. The molecule has 0 saturated heterocycles. The maximum Gasteiger partial charge on any atom is 0.0312 e. The van der Waals surface area contributed by atoms with Crippen LogP contribution in [0.2, 0.25) is 0 Å². The third-order valence-corrected chi connectivity index (χ3v) is 3.35. The Morgan fingerprint density at radius 3 is 2.94 bits per heavy atom. The van der Waals surface area contributed by atoms with Crippen molar-refractivity contribution >= 4 is 11.8 Å². The molecule has 0 amide bonds. The summed E-state index contributed by atoms with van der Waals surface area (Å²) in [6, 6.07) is 4.54. The topological polar surface area (TPSA) is 42.1 Å². The van der Waals surface area contributed by atoms with Gasteiger partial charge in [-0.3, -0.25) is 9.88 Å². The highest BCUT2D eigenvalue weighted by atomic mass is 32.2. The van der Waals surface area contributed by atoms with Gasteiger partial charge in [0.15, 0.2) is 0 Å². The fourth-order valence-corrected chi connectivity index (χ4v) is 2.19. The number of hydrogen-bond donors (Lipinski definition) is 1. The average molecular weight is 239 g/mol. The zero-order valence-electron chi connectivity index (χ0n) is 10.1. The van der Waals surface area contributed by atoms with Gasteiger partial charge in [-0.1, -0.05) is 6.07 Å². The summed E-state index contributed by atoms with van der Waals surface area (Å²) in [4.78, 5) is 6.44. The van der Waals surface area contributed by atoms with Gasteiger partial charge in [-0.15, -0.1) is 0 Å². The lowest BCUT2D eigenvalue weighted by molar-refractivity contribution is 0.234. The number of nitrogens with two attached hydrogens (primary N) is 1. The number of rotatable bonds is 7. The SMILES string of the molecule is CSCCC(CN)N(C)Cc1cccnc1. The first kappa shape index (κ1) is 13.5. The van der Waals surface area contributed by atoms with Crippen LogP contribution in [0.15, 0.2) is 24.5 Å². The van der Waals surface area contributed by atoms with Gasteiger partial charge in [0.1, 0.15) is 0 Å². The van der Waals surface area contributed by atoms with E-state index in [0.717, 1.165) is 19.5 Å². The minimum Gasteiger partial charge on any atom is -0.329 e. The normalized spacial score (nSPS) is 13.0. The van der Waals surface area contributed by atoms with Gasteiger partial charge in [-0.05, 0) is 37.1 Å². The molecule has 0 aliphatic heterocycles. The molecular formula is C12H21N3S. The molecule has 1 heterocycles. The second kappa shape index (κ2) is 7.65. The van der Waals surface area contributed by atoms with Crippen LogP contribution >= 0.6 is 11.8 Å². The molecule has 16 heavy (non-hydrogen) atoms. The van der Waals surface area contributed by atoms with Crippen LogP contribution in [0.3, 0.4) is 0 Å². The van der Waals surface area contributed by atoms with E-state index in [9.17, 15) is 0 Å². The van der Waals surface area contributed by atoms with Crippen molar-refractivity contribution in [1.82, 2.24) is 9.88 Å². The van der Waals surface area contributed by atoms with Gasteiger partial charge in [0.25, 0.3) is 0 Å². The van der Waals surface area contributed by atoms with E-state index < -0.39 is 0 Å². The molecule has 1 aromatic heterocycles. The summed E-state index contributed by atoms with van der Waals surface area (Å²) in [5.41, 5.74) is 7.04. The molecule has 0 aliphatic carbocycles. The summed E-state index contributed by atoms with van der Waals surface area (Å²) in [5, 5.41) is 0. The lowest BCUT2D eigenvalue weighted by Crippen LogP contribution is -2.37. The van der Waals surface area contributed by atoms with E-state index in [4.69, 9.17) is 5.73 Å². The monoisotopic (exact) mass is 239 g/mol. The predicted octanol–water partition coefficient (Wildman–Crippen LogP) is 1.59. The Balaban J connectivity index is 2.46. The summed E-state index contributed by atoms with van der Waals surface area (Å²) >= 11 is 1.87. The number of thioether (sulfide) groups is 1. The van der Waals surface area contributed by atoms with Crippen LogP contribution in [0, 0.1) is 0 Å². The highest BCUT2D eigenvalue weighted by Gasteiger charge is 2.12. The Bertz CT molecular complexity index is 279. The van der Waals surface area contributed by atoms with E-state index >= 15 is 0 Å². The smallest absolute Gasteiger partial charge is 0.0312 e. The highest BCUT2D eigenvalue weighted by molar-refractivity contribution is 7.98. The van der Waals surface area contributed by atoms with Crippen molar-refractivity contribution < 1.29 is 0 Å². The minimum atomic E-state index is 0.465. The van der Waals surface area contributed by atoms with Crippen molar-refractivity contribution in [3.63, 3.8) is 0 Å². The second-order valence-corrected chi connectivity index (χ2v) is 4.93. The number of hydrogen-bond acceptors (Lipinski definition) is 4. The third-order valence-electron chi connectivity index (χ3n) is 2.71. The molecule has 0 aliphatic rings. The van der Waals surface area contributed by atoms with E-state index in [0.29, 0.717) is 6.04 Å². The Hall–Kier alpha value is -0.580. The molecule has 0 radical (unpaired) electrons. The molecule has 4 heteroatoms. The maximum atomic E-state index is 5.80. The fraction of sp³-hybridized carbons (Fsp3) is 0.583. The number of pyridine rings is 1. The first-order valence-electron chi connectivity index (χ1n) is 5.56. The molecule has 3 nitrogen and oxygen atoms in total. The van der Waals surface area contributed by atoms with Crippen molar-refractivity contribution in [2.75, 3.05) is 25.6 Å². The summed E-state index contributed by atoms with van der Waals surface area (Å²) in [6.07, 6.45) is 7.00. The first-order valence-corrected chi connectivity index (χ1v) is 6.95. The van der Waals surface area contributed by atoms with Gasteiger partial charge in [0, 0.05) is 31.5 Å². The van der Waals surface area contributed by atoms with Crippen molar-refractivity contribution in [1.29, 1.82) is 0 Å². The largest absolute Gasteiger partial charge is 0.329 e. The molecule has 90 valence electrons. The minimum absolute atomic E-state index is 0.465. The van der Waals surface area contributed by atoms with Gasteiger partial charge in [-0.25, -0.2) is 0 Å². The molecule has 1 unspecified atom stereocenters. The molecule has 2 N–H and O–H groups in total. The van der Waals surface area contributed by atoms with Crippen molar-refractivity contribution in [2.24, 2.45) is 5.73 Å². The van der Waals surface area contributed by atoms with Crippen molar-refractivity contribution in [2.45, 2.75) is 19.0 Å². The number of nitrogens with zero attached hydrogens (tertiary/aromatic N) is 2. The quantitative estimate of drug-likeness (QED) is 0.784. The molecule has 0 bridgehead atoms. The van der Waals surface area contributed by atoms with E-state index in [-0.39, 0.29) is 0 Å². The molecule has 0 aromatic carbocycles. The van der Waals surface area contributed by atoms with Gasteiger partial charge >= 0.3 is 0 Å².